The summed E-state index contributed by atoms with van der Waals surface area (Å²) in [5.41, 5.74) is 4.97. The smallest absolute Gasteiger partial charge is 0.333 e. The lowest BCUT2D eigenvalue weighted by Crippen LogP contribution is -2.22. The summed E-state index contributed by atoms with van der Waals surface area (Å²) < 4.78 is 22.6. The minimum Gasteiger partial charge on any atom is -0.489 e. The van der Waals surface area contributed by atoms with Gasteiger partial charge in [-0.15, -0.1) is 13.2 Å². The summed E-state index contributed by atoms with van der Waals surface area (Å²) in [4.78, 5) is 23.5. The van der Waals surface area contributed by atoms with E-state index in [1.54, 1.807) is 27.7 Å². The van der Waals surface area contributed by atoms with E-state index in [2.05, 4.69) is 38.4 Å². The van der Waals surface area contributed by atoms with Gasteiger partial charge in [-0.2, -0.15) is 0 Å². The number of allylic oxidation sites excluding steroid dienone is 2. The van der Waals surface area contributed by atoms with E-state index in [-0.39, 0.29) is 13.2 Å². The van der Waals surface area contributed by atoms with Crippen molar-refractivity contribution in [1.29, 1.82) is 0 Å². The van der Waals surface area contributed by atoms with Gasteiger partial charge in [0.25, 0.3) is 0 Å². The van der Waals surface area contributed by atoms with Gasteiger partial charge in [-0.25, -0.2) is 9.59 Å². The fraction of sp³-hybridized carbons (Fsp3) is 0.333. The number of hydrogen-bond acceptors (Lipinski definition) is 6. The topological polar surface area (TPSA) is 71.1 Å². The van der Waals surface area contributed by atoms with Crippen LogP contribution in [0.4, 0.5) is 0 Å². The molecule has 0 amide bonds. The molecule has 0 radical (unpaired) electrons. The predicted molar refractivity (Wildman–Crippen MR) is 155 cm³/mol. The molecule has 0 aliphatic rings. The lowest BCUT2D eigenvalue weighted by Gasteiger charge is -2.18. The molecule has 2 aromatic carbocycles. The second kappa shape index (κ2) is 15.4. The standard InChI is InChI=1S/C33H40O6/c1-9-11-28-18-26(13-15-30(28)36-20-24(7)38-32(34)22(3)4)17-27-14-16-31(29(19-27)12-10-2)37-21-25(8)39-33(35)23(5)6/h9-10,13-16,18-19,24-25H,1-3,5,11-12,17,20-21H2,4,6-8H3. The first-order valence-corrected chi connectivity index (χ1v) is 13.0. The van der Waals surface area contributed by atoms with Gasteiger partial charge in [-0.3, -0.25) is 0 Å². The van der Waals surface area contributed by atoms with Crippen LogP contribution >= 0.6 is 0 Å². The van der Waals surface area contributed by atoms with Gasteiger partial charge in [0.15, 0.2) is 0 Å². The van der Waals surface area contributed by atoms with Crippen LogP contribution in [0.1, 0.15) is 49.9 Å². The third-order valence-corrected chi connectivity index (χ3v) is 5.65. The summed E-state index contributed by atoms with van der Waals surface area (Å²) in [6.07, 6.45) is 4.86. The van der Waals surface area contributed by atoms with Crippen molar-refractivity contribution in [2.75, 3.05) is 13.2 Å². The van der Waals surface area contributed by atoms with Crippen LogP contribution in [0.2, 0.25) is 0 Å². The Morgan fingerprint density at radius 2 is 1.13 bits per heavy atom. The average molecular weight is 533 g/mol. The van der Waals surface area contributed by atoms with Crippen molar-refractivity contribution in [2.24, 2.45) is 0 Å². The number of benzene rings is 2. The number of rotatable bonds is 16. The minimum atomic E-state index is -0.430. The van der Waals surface area contributed by atoms with Crippen molar-refractivity contribution < 1.29 is 28.5 Å². The zero-order valence-corrected chi connectivity index (χ0v) is 23.6. The molecule has 39 heavy (non-hydrogen) atoms. The maximum atomic E-state index is 11.7. The van der Waals surface area contributed by atoms with Crippen LogP contribution in [-0.2, 0) is 38.3 Å². The van der Waals surface area contributed by atoms with E-state index in [0.29, 0.717) is 30.4 Å². The third kappa shape index (κ3) is 10.3. The number of esters is 2. The Bertz CT molecular complexity index is 1120. The molecule has 0 heterocycles. The maximum absolute atomic E-state index is 11.7. The van der Waals surface area contributed by atoms with Crippen LogP contribution in [0.15, 0.2) is 86.0 Å². The van der Waals surface area contributed by atoms with Gasteiger partial charge in [0, 0.05) is 11.1 Å². The molecule has 2 atom stereocenters. The largest absolute Gasteiger partial charge is 0.489 e. The highest BCUT2D eigenvalue weighted by molar-refractivity contribution is 5.87. The quantitative estimate of drug-likeness (QED) is 0.139. The summed E-state index contributed by atoms with van der Waals surface area (Å²) in [5.74, 6) is 0.602. The molecule has 208 valence electrons. The third-order valence-electron chi connectivity index (χ3n) is 5.65. The lowest BCUT2D eigenvalue weighted by atomic mass is 9.98. The second-order valence-corrected chi connectivity index (χ2v) is 9.66. The van der Waals surface area contributed by atoms with E-state index >= 15 is 0 Å². The fourth-order valence-electron chi connectivity index (χ4n) is 3.68. The Hall–Kier alpha value is -4.06. The van der Waals surface area contributed by atoms with Gasteiger partial charge < -0.3 is 18.9 Å². The summed E-state index contributed by atoms with van der Waals surface area (Å²) >= 11 is 0. The number of carbonyl (C=O) groups excluding carboxylic acids is 2. The van der Waals surface area contributed by atoms with Crippen LogP contribution in [0.3, 0.4) is 0 Å². The van der Waals surface area contributed by atoms with Gasteiger partial charge >= 0.3 is 11.9 Å². The Morgan fingerprint density at radius 3 is 1.46 bits per heavy atom. The van der Waals surface area contributed by atoms with E-state index in [1.807, 2.05) is 36.4 Å². The summed E-state index contributed by atoms with van der Waals surface area (Å²) in [7, 11) is 0. The molecular weight excluding hydrogens is 492 g/mol. The average Bonchev–Trinajstić information content (AvgIpc) is 2.88. The highest BCUT2D eigenvalue weighted by Gasteiger charge is 2.14. The van der Waals surface area contributed by atoms with Gasteiger partial charge in [0.1, 0.15) is 36.9 Å². The van der Waals surface area contributed by atoms with Crippen molar-refractivity contribution in [3.63, 3.8) is 0 Å². The van der Waals surface area contributed by atoms with Gasteiger partial charge in [0.05, 0.1) is 0 Å². The molecule has 0 saturated heterocycles. The molecule has 0 saturated carbocycles. The monoisotopic (exact) mass is 532 g/mol. The summed E-state index contributed by atoms with van der Waals surface area (Å²) in [6, 6.07) is 12.2. The van der Waals surface area contributed by atoms with Gasteiger partial charge in [-0.1, -0.05) is 49.6 Å². The van der Waals surface area contributed by atoms with Crippen LogP contribution in [0.25, 0.3) is 0 Å². The van der Waals surface area contributed by atoms with Crippen LogP contribution < -0.4 is 9.47 Å². The van der Waals surface area contributed by atoms with Crippen molar-refractivity contribution in [2.45, 2.75) is 59.2 Å². The molecule has 6 heteroatoms. The zero-order chi connectivity index (χ0) is 28.9. The summed E-state index contributed by atoms with van der Waals surface area (Å²) in [6.45, 7) is 22.2. The van der Waals surface area contributed by atoms with Gasteiger partial charge in [0.2, 0.25) is 0 Å². The van der Waals surface area contributed by atoms with Crippen molar-refractivity contribution >= 4 is 11.9 Å². The van der Waals surface area contributed by atoms with Crippen LogP contribution in [-0.4, -0.2) is 37.4 Å². The number of carbonyl (C=O) groups is 2. The molecule has 2 aromatic rings. The van der Waals surface area contributed by atoms with Crippen LogP contribution in [0, 0.1) is 0 Å². The molecular formula is C33H40O6. The molecule has 2 rings (SSSR count). The molecule has 0 fully saturated rings. The van der Waals surface area contributed by atoms with E-state index in [4.69, 9.17) is 18.9 Å². The molecule has 0 bridgehead atoms. The van der Waals surface area contributed by atoms with E-state index in [1.165, 1.54) is 0 Å². The molecule has 0 aliphatic carbocycles. The van der Waals surface area contributed by atoms with E-state index in [9.17, 15) is 9.59 Å². The molecule has 0 aliphatic heterocycles. The zero-order valence-electron chi connectivity index (χ0n) is 23.6. The predicted octanol–water partition coefficient (Wildman–Crippen LogP) is 6.51. The molecule has 2 unspecified atom stereocenters. The van der Waals surface area contributed by atoms with Crippen molar-refractivity contribution in [1.82, 2.24) is 0 Å². The Labute approximate surface area is 232 Å². The molecule has 0 aromatic heterocycles. The molecule has 6 nitrogen and oxygen atoms in total. The van der Waals surface area contributed by atoms with Gasteiger partial charge in [-0.05, 0) is 81.3 Å². The van der Waals surface area contributed by atoms with Crippen LogP contribution in [0.5, 0.6) is 11.5 Å². The Balaban J connectivity index is 2.11. The molecule has 0 spiro atoms. The second-order valence-electron chi connectivity index (χ2n) is 9.66. The molecule has 0 N–H and O–H groups in total. The SMILES string of the molecule is C=CCc1cc(Cc2ccc(OCC(C)OC(=O)C(=C)C)c(CC=C)c2)ccc1OCC(C)OC(=O)C(=C)C. The van der Waals surface area contributed by atoms with Crippen molar-refractivity contribution in [3.05, 3.63) is 108 Å². The first-order chi connectivity index (χ1) is 18.5. The van der Waals surface area contributed by atoms with E-state index in [0.717, 1.165) is 33.8 Å². The Morgan fingerprint density at radius 1 is 0.744 bits per heavy atom. The normalized spacial score (nSPS) is 12.0. The number of hydrogen-bond donors (Lipinski definition) is 0. The minimum absolute atomic E-state index is 0.236. The lowest BCUT2D eigenvalue weighted by molar-refractivity contribution is -0.145. The first kappa shape index (κ1) is 31.2. The van der Waals surface area contributed by atoms with E-state index < -0.39 is 24.1 Å². The fourth-order valence-corrected chi connectivity index (χ4v) is 3.68. The van der Waals surface area contributed by atoms with Crippen molar-refractivity contribution in [3.8, 4) is 11.5 Å². The number of ether oxygens (including phenoxy) is 4. The summed E-state index contributed by atoms with van der Waals surface area (Å²) in [5, 5.41) is 0. The Kier molecular flexibility index (Phi) is 12.3. The first-order valence-electron chi connectivity index (χ1n) is 13.0. The maximum Gasteiger partial charge on any atom is 0.333 e. The highest BCUT2D eigenvalue weighted by atomic mass is 16.6. The highest BCUT2D eigenvalue weighted by Crippen LogP contribution is 2.26.